The minimum Gasteiger partial charge on any atom is -0.478 e. The topological polar surface area (TPSA) is 74.6 Å². The van der Waals surface area contributed by atoms with Gasteiger partial charge in [-0.15, -0.1) is 0 Å². The predicted molar refractivity (Wildman–Crippen MR) is 100 cm³/mol. The maximum atomic E-state index is 14.0. The van der Waals surface area contributed by atoms with Crippen molar-refractivity contribution in [1.29, 1.82) is 0 Å². The van der Waals surface area contributed by atoms with Crippen molar-refractivity contribution in [1.82, 2.24) is 0 Å². The summed E-state index contributed by atoms with van der Waals surface area (Å²) >= 11 is 0. The third kappa shape index (κ3) is 6.81. The largest absolute Gasteiger partial charge is 0.478 e. The van der Waals surface area contributed by atoms with Gasteiger partial charge in [0.1, 0.15) is 0 Å². The summed E-state index contributed by atoms with van der Waals surface area (Å²) in [6.45, 7) is 3.30. The van der Waals surface area contributed by atoms with Crippen LogP contribution in [0.4, 0.5) is 57.1 Å². The number of aliphatic carboxylic acids is 2. The Bertz CT molecular complexity index is 848. The van der Waals surface area contributed by atoms with Crippen LogP contribution in [0.25, 0.3) is 0 Å². The average molecular weight is 574 g/mol. The summed E-state index contributed by atoms with van der Waals surface area (Å²) in [4.78, 5) is 23.0. The Morgan fingerprint density at radius 2 is 1.11 bits per heavy atom. The van der Waals surface area contributed by atoms with Gasteiger partial charge in [-0.3, -0.25) is 0 Å². The van der Waals surface area contributed by atoms with Crippen molar-refractivity contribution in [3.8, 4) is 0 Å². The molecule has 1 unspecified atom stereocenters. The van der Waals surface area contributed by atoms with Gasteiger partial charge in [0.25, 0.3) is 0 Å². The summed E-state index contributed by atoms with van der Waals surface area (Å²) in [5.74, 6) is -42.9. The zero-order valence-electron chi connectivity index (χ0n) is 19.2. The normalized spacial score (nSPS) is 15.9. The first-order chi connectivity index (χ1) is 16.4. The van der Waals surface area contributed by atoms with Gasteiger partial charge in [-0.05, 0) is 18.8 Å². The lowest BCUT2D eigenvalue weighted by molar-refractivity contribution is -0.440. The number of carboxylic acids is 2. The molecule has 0 aromatic carbocycles. The molecular weight excluding hydrogens is 551 g/mol. The summed E-state index contributed by atoms with van der Waals surface area (Å²) in [5, 5.41) is 18.5. The van der Waals surface area contributed by atoms with E-state index < -0.39 is 84.1 Å². The van der Waals surface area contributed by atoms with Gasteiger partial charge >= 0.3 is 47.7 Å². The molecular formula is C20H23F13O4. The molecule has 17 heteroatoms. The molecule has 1 atom stereocenters. The molecule has 0 amide bonds. The van der Waals surface area contributed by atoms with E-state index in [-0.39, 0.29) is 6.42 Å². The molecule has 4 nitrogen and oxygen atoms in total. The number of carboxylic acid groups (broad SMARTS) is 2. The fourth-order valence-electron chi connectivity index (χ4n) is 3.20. The third-order valence-electron chi connectivity index (χ3n) is 5.60. The summed E-state index contributed by atoms with van der Waals surface area (Å²) in [7, 11) is 0. The molecule has 0 radical (unpaired) electrons. The van der Waals surface area contributed by atoms with E-state index in [0.717, 1.165) is 0 Å². The quantitative estimate of drug-likeness (QED) is 0.156. The Labute approximate surface area is 201 Å². The number of hydrogen-bond donors (Lipinski definition) is 2. The first kappa shape index (κ1) is 34.8. The van der Waals surface area contributed by atoms with Crippen molar-refractivity contribution in [2.45, 2.75) is 94.6 Å². The minimum atomic E-state index is -8.07. The van der Waals surface area contributed by atoms with Gasteiger partial charge < -0.3 is 10.2 Å². The fourth-order valence-corrected chi connectivity index (χ4v) is 3.20. The lowest BCUT2D eigenvalue weighted by Gasteiger charge is -2.39. The van der Waals surface area contributed by atoms with Crippen LogP contribution in [-0.2, 0) is 9.59 Å². The highest BCUT2D eigenvalue weighted by atomic mass is 19.4. The summed E-state index contributed by atoms with van der Waals surface area (Å²) in [6.07, 6.45) is -11.2. The van der Waals surface area contributed by atoms with Crippen LogP contribution in [0.15, 0.2) is 11.1 Å². The molecule has 0 bridgehead atoms. The van der Waals surface area contributed by atoms with Crippen molar-refractivity contribution in [3.05, 3.63) is 11.1 Å². The smallest absolute Gasteiger partial charge is 0.460 e. The van der Waals surface area contributed by atoms with Gasteiger partial charge in [0.15, 0.2) is 0 Å². The SMILES string of the molecule is CCCCC(CC)CC(C(=O)O)=C(CCC(F)(F)C(F)(F)C(F)(F)C(F)(F)C(F)(F)C(F)(F)F)C(=O)O. The highest BCUT2D eigenvalue weighted by Crippen LogP contribution is 2.60. The van der Waals surface area contributed by atoms with Gasteiger partial charge in [0, 0.05) is 17.6 Å². The Morgan fingerprint density at radius 1 is 0.676 bits per heavy atom. The molecule has 0 saturated carbocycles. The second-order valence-corrected chi connectivity index (χ2v) is 8.19. The van der Waals surface area contributed by atoms with Crippen molar-refractivity contribution in [3.63, 3.8) is 0 Å². The predicted octanol–water partition coefficient (Wildman–Crippen LogP) is 7.58. The molecule has 0 fully saturated rings. The first-order valence-electron chi connectivity index (χ1n) is 10.5. The zero-order valence-corrected chi connectivity index (χ0v) is 19.2. The third-order valence-corrected chi connectivity index (χ3v) is 5.60. The van der Waals surface area contributed by atoms with Crippen LogP contribution in [0.5, 0.6) is 0 Å². The maximum Gasteiger partial charge on any atom is 0.460 e. The van der Waals surface area contributed by atoms with E-state index in [1.807, 2.05) is 0 Å². The molecule has 0 saturated heterocycles. The van der Waals surface area contributed by atoms with Crippen LogP contribution in [0, 0.1) is 5.92 Å². The number of unbranched alkanes of at least 4 members (excludes halogenated alkanes) is 1. The highest BCUT2D eigenvalue weighted by Gasteiger charge is 2.90. The van der Waals surface area contributed by atoms with Crippen molar-refractivity contribution < 1.29 is 76.9 Å². The molecule has 218 valence electrons. The van der Waals surface area contributed by atoms with Crippen LogP contribution in [-0.4, -0.2) is 57.9 Å². The molecule has 0 rings (SSSR count). The van der Waals surface area contributed by atoms with Gasteiger partial charge in [-0.2, -0.15) is 57.1 Å². The molecule has 0 aliphatic carbocycles. The van der Waals surface area contributed by atoms with Crippen LogP contribution in [0.1, 0.15) is 58.8 Å². The number of carbonyl (C=O) groups is 2. The van der Waals surface area contributed by atoms with E-state index in [1.165, 1.54) is 0 Å². The van der Waals surface area contributed by atoms with E-state index in [9.17, 15) is 76.9 Å². The molecule has 0 aromatic rings. The Morgan fingerprint density at radius 3 is 1.46 bits per heavy atom. The molecule has 0 aromatic heterocycles. The van der Waals surface area contributed by atoms with E-state index in [2.05, 4.69) is 0 Å². The molecule has 0 heterocycles. The number of alkyl halides is 13. The van der Waals surface area contributed by atoms with Crippen LogP contribution < -0.4 is 0 Å². The Kier molecular flexibility index (Phi) is 11.0. The van der Waals surface area contributed by atoms with E-state index in [0.29, 0.717) is 19.3 Å². The van der Waals surface area contributed by atoms with Crippen molar-refractivity contribution in [2.24, 2.45) is 5.92 Å². The Hall–Kier alpha value is -2.23. The number of rotatable bonds is 15. The summed E-state index contributed by atoms with van der Waals surface area (Å²) in [5.41, 5.74) is -2.58. The highest BCUT2D eigenvalue weighted by molar-refractivity contribution is 5.98. The summed E-state index contributed by atoms with van der Waals surface area (Å²) in [6, 6.07) is 0. The van der Waals surface area contributed by atoms with Gasteiger partial charge in [-0.25, -0.2) is 9.59 Å². The monoisotopic (exact) mass is 574 g/mol. The molecule has 37 heavy (non-hydrogen) atoms. The van der Waals surface area contributed by atoms with Gasteiger partial charge in [0.2, 0.25) is 0 Å². The van der Waals surface area contributed by atoms with E-state index in [4.69, 9.17) is 0 Å². The minimum absolute atomic E-state index is 0.243. The zero-order chi connectivity index (χ0) is 29.8. The molecule has 2 N–H and O–H groups in total. The maximum absolute atomic E-state index is 14.0. The van der Waals surface area contributed by atoms with Crippen molar-refractivity contribution >= 4 is 11.9 Å². The lowest BCUT2D eigenvalue weighted by Crippen LogP contribution is -2.70. The molecule has 0 aliphatic rings. The van der Waals surface area contributed by atoms with Crippen LogP contribution in [0.2, 0.25) is 0 Å². The van der Waals surface area contributed by atoms with Gasteiger partial charge in [-0.1, -0.05) is 39.5 Å². The van der Waals surface area contributed by atoms with Gasteiger partial charge in [0.05, 0.1) is 0 Å². The lowest BCUT2D eigenvalue weighted by atomic mass is 9.87. The Balaban J connectivity index is 6.40. The molecule has 0 aliphatic heterocycles. The summed E-state index contributed by atoms with van der Waals surface area (Å²) < 4.78 is 172. The first-order valence-corrected chi connectivity index (χ1v) is 10.5. The standard InChI is InChI=1S/C20H23F13O4/c1-3-5-6-10(4-2)9-12(14(36)37)11(13(34)35)7-8-15(21,22)16(23,24)17(25,26)18(27,28)19(29,30)20(31,32)33/h10H,3-9H2,1-2H3,(H,34,35)(H,36,37). The van der Waals surface area contributed by atoms with Crippen molar-refractivity contribution in [2.75, 3.05) is 0 Å². The number of halogens is 13. The number of hydrogen-bond acceptors (Lipinski definition) is 2. The average Bonchev–Trinajstić information content (AvgIpc) is 2.73. The van der Waals surface area contributed by atoms with E-state index >= 15 is 0 Å². The second-order valence-electron chi connectivity index (χ2n) is 8.19. The van der Waals surface area contributed by atoms with E-state index in [1.54, 1.807) is 13.8 Å². The fraction of sp³-hybridized carbons (Fsp3) is 0.800. The van der Waals surface area contributed by atoms with Crippen LogP contribution in [0.3, 0.4) is 0 Å². The van der Waals surface area contributed by atoms with Crippen LogP contribution >= 0.6 is 0 Å². The second kappa shape index (κ2) is 11.7. The molecule has 0 spiro atoms.